The van der Waals surface area contributed by atoms with Crippen LogP contribution in [0.3, 0.4) is 0 Å². The van der Waals surface area contributed by atoms with Crippen LogP contribution in [0.25, 0.3) is 11.1 Å². The highest BCUT2D eigenvalue weighted by atomic mass is 19.1. The van der Waals surface area contributed by atoms with Crippen molar-refractivity contribution >= 4 is 5.96 Å². The Labute approximate surface area is 186 Å². The summed E-state index contributed by atoms with van der Waals surface area (Å²) in [4.78, 5) is 10.8. The second kappa shape index (κ2) is 7.93. The molecule has 0 bridgehead atoms. The average molecular weight is 436 g/mol. The number of nitrogens with two attached hydrogens (primary N) is 1. The number of hydrogen-bond acceptors (Lipinski definition) is 7. The predicted octanol–water partition coefficient (Wildman–Crippen LogP) is 3.58. The SMILES string of the molecule is CC(C)=CC1(CCO)CC2(N=C(N)N(C)O2)c2cc(-c3cc(C#N)ccc3F)ccc2O1. The molecular weight excluding hydrogens is 411 g/mol. The molecule has 0 aromatic heterocycles. The van der Waals surface area contributed by atoms with Crippen LogP contribution in [0, 0.1) is 17.1 Å². The van der Waals surface area contributed by atoms with Crippen molar-refractivity contribution in [1.29, 1.82) is 5.26 Å². The van der Waals surface area contributed by atoms with E-state index in [-0.39, 0.29) is 19.0 Å². The summed E-state index contributed by atoms with van der Waals surface area (Å²) in [6, 6.07) is 11.5. The van der Waals surface area contributed by atoms with E-state index < -0.39 is 17.1 Å². The molecule has 2 heterocycles. The van der Waals surface area contributed by atoms with Gasteiger partial charge in [-0.05, 0) is 55.8 Å². The molecule has 0 radical (unpaired) electrons. The third-order valence-corrected chi connectivity index (χ3v) is 5.65. The Bertz CT molecular complexity index is 1170. The fourth-order valence-corrected chi connectivity index (χ4v) is 4.40. The van der Waals surface area contributed by atoms with Crippen molar-refractivity contribution < 1.29 is 19.1 Å². The van der Waals surface area contributed by atoms with Crippen molar-refractivity contribution in [2.45, 2.75) is 38.0 Å². The van der Waals surface area contributed by atoms with Crippen LogP contribution in [0.2, 0.25) is 0 Å². The van der Waals surface area contributed by atoms with E-state index in [1.54, 1.807) is 25.2 Å². The number of nitrogens with zero attached hydrogens (tertiary/aromatic N) is 3. The van der Waals surface area contributed by atoms with Gasteiger partial charge < -0.3 is 15.6 Å². The van der Waals surface area contributed by atoms with E-state index in [2.05, 4.69) is 4.99 Å². The number of aliphatic hydroxyl groups excluding tert-OH is 1. The van der Waals surface area contributed by atoms with E-state index in [9.17, 15) is 14.8 Å². The van der Waals surface area contributed by atoms with E-state index in [1.807, 2.05) is 26.0 Å². The molecule has 32 heavy (non-hydrogen) atoms. The Morgan fingerprint density at radius 3 is 2.75 bits per heavy atom. The average Bonchev–Trinajstić information content (AvgIpc) is 3.01. The number of allylic oxidation sites excluding steroid dienone is 1. The molecule has 2 aromatic rings. The van der Waals surface area contributed by atoms with Gasteiger partial charge in [0, 0.05) is 32.1 Å². The first-order valence-electron chi connectivity index (χ1n) is 10.3. The molecule has 4 rings (SSSR count). The molecule has 3 N–H and O–H groups in total. The van der Waals surface area contributed by atoms with E-state index >= 15 is 0 Å². The summed E-state index contributed by atoms with van der Waals surface area (Å²) < 4.78 is 21.0. The maximum absolute atomic E-state index is 14.6. The van der Waals surface area contributed by atoms with Crippen LogP contribution in [-0.2, 0) is 10.6 Å². The van der Waals surface area contributed by atoms with Crippen molar-refractivity contribution in [3.05, 3.63) is 65.0 Å². The lowest BCUT2D eigenvalue weighted by molar-refractivity contribution is -0.200. The lowest BCUT2D eigenvalue weighted by Crippen LogP contribution is -2.48. The fraction of sp³-hybridized carbons (Fsp3) is 0.333. The van der Waals surface area contributed by atoms with Gasteiger partial charge in [0.2, 0.25) is 11.7 Å². The van der Waals surface area contributed by atoms with Gasteiger partial charge in [0.25, 0.3) is 0 Å². The summed E-state index contributed by atoms with van der Waals surface area (Å²) in [6.45, 7) is 3.82. The zero-order valence-electron chi connectivity index (χ0n) is 18.2. The maximum Gasteiger partial charge on any atom is 0.222 e. The van der Waals surface area contributed by atoms with Gasteiger partial charge in [-0.25, -0.2) is 19.3 Å². The molecule has 2 aromatic carbocycles. The summed E-state index contributed by atoms with van der Waals surface area (Å²) >= 11 is 0. The minimum atomic E-state index is -1.20. The third-order valence-electron chi connectivity index (χ3n) is 5.65. The van der Waals surface area contributed by atoms with Gasteiger partial charge in [-0.3, -0.25) is 0 Å². The quantitative estimate of drug-likeness (QED) is 0.710. The molecule has 0 aliphatic carbocycles. The first-order valence-corrected chi connectivity index (χ1v) is 10.3. The molecule has 0 saturated heterocycles. The topological polar surface area (TPSA) is 104 Å². The van der Waals surface area contributed by atoms with Crippen LogP contribution in [0.1, 0.15) is 37.8 Å². The summed E-state index contributed by atoms with van der Waals surface area (Å²) in [6.07, 6.45) is 2.57. The lowest BCUT2D eigenvalue weighted by atomic mass is 9.81. The van der Waals surface area contributed by atoms with Crippen LogP contribution >= 0.6 is 0 Å². The van der Waals surface area contributed by atoms with Crippen LogP contribution in [0.4, 0.5) is 4.39 Å². The number of hydroxylamine groups is 2. The summed E-state index contributed by atoms with van der Waals surface area (Å²) in [5, 5.41) is 20.4. The standard InChI is InChI=1S/C24H25FN4O3/c1-15(2)12-23(8-9-30)14-24(28-22(27)29(3)32-24)19-11-17(5-7-21(19)31-23)18-10-16(13-26)4-6-20(18)25/h4-7,10-12,30H,8-9,14H2,1-3H3,(H2,27,28). The van der Waals surface area contributed by atoms with Crippen molar-refractivity contribution in [3.8, 4) is 22.9 Å². The number of fused-ring (bicyclic) bond motifs is 2. The number of hydrogen-bond donors (Lipinski definition) is 2. The molecule has 0 saturated carbocycles. The predicted molar refractivity (Wildman–Crippen MR) is 118 cm³/mol. The monoisotopic (exact) mass is 436 g/mol. The molecule has 0 fully saturated rings. The molecule has 7 nitrogen and oxygen atoms in total. The van der Waals surface area contributed by atoms with Gasteiger partial charge in [0.15, 0.2) is 0 Å². The Hall–Kier alpha value is -3.41. The van der Waals surface area contributed by atoms with Crippen LogP contribution in [0.15, 0.2) is 53.0 Å². The number of benzene rings is 2. The molecule has 2 atom stereocenters. The highest BCUT2D eigenvalue weighted by molar-refractivity contribution is 5.79. The molecule has 166 valence electrons. The van der Waals surface area contributed by atoms with Crippen molar-refractivity contribution in [2.75, 3.05) is 13.7 Å². The Morgan fingerprint density at radius 1 is 1.34 bits per heavy atom. The zero-order valence-corrected chi connectivity index (χ0v) is 18.2. The first kappa shape index (κ1) is 21.8. The van der Waals surface area contributed by atoms with Crippen LogP contribution in [0.5, 0.6) is 5.75 Å². The third kappa shape index (κ3) is 3.70. The number of rotatable bonds is 4. The van der Waals surface area contributed by atoms with Gasteiger partial charge in [-0.2, -0.15) is 5.26 Å². The van der Waals surface area contributed by atoms with Crippen LogP contribution < -0.4 is 10.5 Å². The molecule has 2 aliphatic heterocycles. The molecular formula is C24H25FN4O3. The van der Waals surface area contributed by atoms with Gasteiger partial charge >= 0.3 is 0 Å². The van der Waals surface area contributed by atoms with Crippen molar-refractivity contribution in [1.82, 2.24) is 5.06 Å². The smallest absolute Gasteiger partial charge is 0.222 e. The molecule has 8 heteroatoms. The Morgan fingerprint density at radius 2 is 2.12 bits per heavy atom. The fourth-order valence-electron chi connectivity index (χ4n) is 4.40. The summed E-state index contributed by atoms with van der Waals surface area (Å²) in [7, 11) is 1.66. The van der Waals surface area contributed by atoms with Crippen LogP contribution in [-0.4, -0.2) is 35.4 Å². The second-order valence-electron chi connectivity index (χ2n) is 8.40. The summed E-state index contributed by atoms with van der Waals surface area (Å²) in [5.74, 6) is 0.270. The largest absolute Gasteiger partial charge is 0.482 e. The Kier molecular flexibility index (Phi) is 5.41. The zero-order chi connectivity index (χ0) is 23.1. The van der Waals surface area contributed by atoms with E-state index in [0.717, 1.165) is 5.57 Å². The molecule has 2 unspecified atom stereocenters. The second-order valence-corrected chi connectivity index (χ2v) is 8.40. The van der Waals surface area contributed by atoms with Crippen molar-refractivity contribution in [2.24, 2.45) is 10.7 Å². The number of aliphatic imine (C=N–C) groups is 1. The Balaban J connectivity index is 1.91. The number of aliphatic hydroxyl groups is 1. The minimum Gasteiger partial charge on any atom is -0.482 e. The maximum atomic E-state index is 14.6. The van der Waals surface area contributed by atoms with Gasteiger partial charge in [0.05, 0.1) is 17.2 Å². The number of ether oxygens (including phenoxy) is 1. The van der Waals surface area contributed by atoms with Gasteiger partial charge in [-0.1, -0.05) is 11.6 Å². The highest BCUT2D eigenvalue weighted by Crippen LogP contribution is 2.51. The van der Waals surface area contributed by atoms with Crippen molar-refractivity contribution in [3.63, 3.8) is 0 Å². The minimum absolute atomic E-state index is 0.0888. The molecule has 0 amide bonds. The van der Waals surface area contributed by atoms with Gasteiger partial charge in [-0.15, -0.1) is 0 Å². The highest BCUT2D eigenvalue weighted by Gasteiger charge is 2.53. The number of halogens is 1. The molecule has 1 spiro atoms. The molecule has 2 aliphatic rings. The lowest BCUT2D eigenvalue weighted by Gasteiger charge is -2.44. The number of guanidine groups is 1. The summed E-state index contributed by atoms with van der Waals surface area (Å²) in [5.41, 5.74) is 6.83. The van der Waals surface area contributed by atoms with E-state index in [1.165, 1.54) is 23.3 Å². The van der Waals surface area contributed by atoms with Gasteiger partial charge in [0.1, 0.15) is 17.2 Å². The van der Waals surface area contributed by atoms with E-state index in [0.29, 0.717) is 34.4 Å². The van der Waals surface area contributed by atoms with E-state index in [4.69, 9.17) is 15.3 Å². The normalized spacial score (nSPS) is 23.9. The number of nitriles is 1. The first-order chi connectivity index (χ1) is 15.2.